The lowest BCUT2D eigenvalue weighted by molar-refractivity contribution is -0.123. The number of aromatic carboxylic acids is 1. The van der Waals surface area contributed by atoms with Crippen LogP contribution >= 0.6 is 47.0 Å². The number of amides is 1. The van der Waals surface area contributed by atoms with E-state index < -0.39 is 21.8 Å². The minimum Gasteiger partial charge on any atom is -0.484 e. The third-order valence-corrected chi connectivity index (χ3v) is 4.29. The molecule has 0 radical (unpaired) electrons. The van der Waals surface area contributed by atoms with Crippen LogP contribution in [-0.2, 0) is 4.79 Å². The van der Waals surface area contributed by atoms with Gasteiger partial charge in [0.2, 0.25) is 3.79 Å². The van der Waals surface area contributed by atoms with E-state index in [2.05, 4.69) is 16.0 Å². The van der Waals surface area contributed by atoms with Crippen molar-refractivity contribution in [2.75, 3.05) is 11.9 Å². The van der Waals surface area contributed by atoms with Crippen LogP contribution < -0.4 is 20.7 Å². The van der Waals surface area contributed by atoms with E-state index in [1.165, 1.54) is 24.3 Å². The first-order valence-corrected chi connectivity index (χ1v) is 9.64. The van der Waals surface area contributed by atoms with Gasteiger partial charge in [0.05, 0.1) is 5.56 Å². The predicted molar refractivity (Wildman–Crippen MR) is 117 cm³/mol. The molecule has 0 bridgehead atoms. The van der Waals surface area contributed by atoms with Crippen molar-refractivity contribution >= 4 is 69.7 Å². The highest BCUT2D eigenvalue weighted by atomic mass is 35.6. The van der Waals surface area contributed by atoms with Crippen LogP contribution in [0.1, 0.15) is 10.4 Å². The summed E-state index contributed by atoms with van der Waals surface area (Å²) in [7, 11) is 0. The summed E-state index contributed by atoms with van der Waals surface area (Å²) >= 11 is 22.9. The number of hydrogen-bond donors (Lipinski definition) is 4. The Morgan fingerprint density at radius 1 is 1.03 bits per heavy atom. The molecule has 7 nitrogen and oxygen atoms in total. The maximum atomic E-state index is 12.1. The van der Waals surface area contributed by atoms with E-state index in [9.17, 15) is 9.59 Å². The van der Waals surface area contributed by atoms with Gasteiger partial charge in [-0.3, -0.25) is 4.79 Å². The van der Waals surface area contributed by atoms with Crippen molar-refractivity contribution in [1.82, 2.24) is 10.6 Å². The van der Waals surface area contributed by atoms with E-state index >= 15 is 0 Å². The highest BCUT2D eigenvalue weighted by Crippen LogP contribution is 2.29. The van der Waals surface area contributed by atoms with Crippen LogP contribution in [0.15, 0.2) is 54.6 Å². The molecule has 0 spiro atoms. The Bertz CT molecular complexity index is 861. The number of carboxylic acids is 1. The first-order valence-electron chi connectivity index (χ1n) is 8.10. The van der Waals surface area contributed by atoms with Crippen LogP contribution in [0.25, 0.3) is 0 Å². The summed E-state index contributed by atoms with van der Waals surface area (Å²) in [6, 6.07) is 14.6. The zero-order valence-electron chi connectivity index (χ0n) is 14.7. The lowest BCUT2D eigenvalue weighted by atomic mass is 10.2. The number of ether oxygens (including phenoxy) is 1. The second-order valence-electron chi connectivity index (χ2n) is 5.62. The fourth-order valence-electron chi connectivity index (χ4n) is 2.06. The number of alkyl halides is 3. The Morgan fingerprint density at radius 3 is 2.21 bits per heavy atom. The van der Waals surface area contributed by atoms with Gasteiger partial charge in [-0.05, 0) is 48.6 Å². The van der Waals surface area contributed by atoms with Gasteiger partial charge in [0, 0.05) is 5.69 Å². The van der Waals surface area contributed by atoms with Crippen molar-refractivity contribution in [2.45, 2.75) is 9.96 Å². The number of anilines is 1. The summed E-state index contributed by atoms with van der Waals surface area (Å²) in [6.07, 6.45) is -1.15. The third kappa shape index (κ3) is 7.94. The van der Waals surface area contributed by atoms with Crippen molar-refractivity contribution in [1.29, 1.82) is 0 Å². The van der Waals surface area contributed by atoms with Crippen molar-refractivity contribution in [3.05, 3.63) is 60.2 Å². The summed E-state index contributed by atoms with van der Waals surface area (Å²) in [4.78, 5) is 23.0. The van der Waals surface area contributed by atoms with Gasteiger partial charge < -0.3 is 25.8 Å². The lowest BCUT2D eigenvalue weighted by Crippen LogP contribution is -2.56. The molecule has 1 atom stereocenters. The van der Waals surface area contributed by atoms with Gasteiger partial charge in [-0.2, -0.15) is 0 Å². The average Bonchev–Trinajstić information content (AvgIpc) is 2.66. The molecule has 2 aromatic carbocycles. The number of halogens is 3. The molecule has 0 aliphatic rings. The van der Waals surface area contributed by atoms with Crippen molar-refractivity contribution in [3.63, 3.8) is 0 Å². The van der Waals surface area contributed by atoms with Gasteiger partial charge in [-0.25, -0.2) is 4.79 Å². The minimum absolute atomic E-state index is 0.0497. The number of thiocarbonyl (C=S) groups is 1. The molecule has 11 heteroatoms. The zero-order valence-corrected chi connectivity index (χ0v) is 17.8. The molecule has 0 fully saturated rings. The van der Waals surface area contributed by atoms with Gasteiger partial charge >= 0.3 is 5.97 Å². The Labute approximate surface area is 187 Å². The lowest BCUT2D eigenvalue weighted by Gasteiger charge is -2.27. The zero-order chi connectivity index (χ0) is 21.4. The number of rotatable bonds is 7. The predicted octanol–water partition coefficient (Wildman–Crippen LogP) is 3.56. The number of carbonyl (C=O) groups is 2. The van der Waals surface area contributed by atoms with Gasteiger partial charge in [0.15, 0.2) is 11.7 Å². The molecule has 4 N–H and O–H groups in total. The quantitative estimate of drug-likeness (QED) is 0.275. The van der Waals surface area contributed by atoms with Crippen LogP contribution in [-0.4, -0.2) is 38.7 Å². The van der Waals surface area contributed by atoms with Crippen LogP contribution in [0.2, 0.25) is 0 Å². The number of carbonyl (C=O) groups excluding carboxylic acids is 1. The highest BCUT2D eigenvalue weighted by Gasteiger charge is 2.34. The Balaban J connectivity index is 1.92. The minimum atomic E-state index is -1.92. The molecule has 0 unspecified atom stereocenters. The van der Waals surface area contributed by atoms with E-state index in [1.807, 2.05) is 6.07 Å². The summed E-state index contributed by atoms with van der Waals surface area (Å²) in [5.74, 6) is -1.07. The third-order valence-electron chi connectivity index (χ3n) is 3.41. The Kier molecular flexibility index (Phi) is 8.33. The van der Waals surface area contributed by atoms with Gasteiger partial charge in [-0.1, -0.05) is 53.0 Å². The van der Waals surface area contributed by atoms with Crippen LogP contribution in [0.5, 0.6) is 5.75 Å². The summed E-state index contributed by atoms with van der Waals surface area (Å²) in [6.45, 7) is -0.292. The molecule has 1 amide bonds. The highest BCUT2D eigenvalue weighted by molar-refractivity contribution is 7.80. The maximum Gasteiger partial charge on any atom is 0.335 e. The standard InChI is InChI=1S/C18H16Cl3N3O4S/c19-18(20,21)16(23-14(25)10-28-13-4-2-1-3-5-13)24-17(29)22-12-8-6-11(7-9-12)15(26)27/h1-9,16H,10H2,(H,23,25)(H,26,27)(H2,22,24,29)/t16-/m0/s1. The molecule has 2 aromatic rings. The number of carboxylic acid groups (broad SMARTS) is 1. The van der Waals surface area contributed by atoms with Crippen LogP contribution in [0, 0.1) is 0 Å². The van der Waals surface area contributed by atoms with E-state index in [4.69, 9.17) is 56.9 Å². The smallest absolute Gasteiger partial charge is 0.335 e. The van der Waals surface area contributed by atoms with Crippen molar-refractivity contribution in [2.24, 2.45) is 0 Å². The normalized spacial score (nSPS) is 11.8. The first-order chi connectivity index (χ1) is 13.6. The fraction of sp³-hybridized carbons (Fsp3) is 0.167. The summed E-state index contributed by atoms with van der Waals surface area (Å²) < 4.78 is 3.43. The van der Waals surface area contributed by atoms with E-state index in [-0.39, 0.29) is 17.3 Å². The number of benzene rings is 2. The molecule has 0 aliphatic carbocycles. The van der Waals surface area contributed by atoms with Crippen LogP contribution in [0.4, 0.5) is 5.69 Å². The van der Waals surface area contributed by atoms with Crippen molar-refractivity contribution in [3.8, 4) is 5.75 Å². The number of nitrogens with one attached hydrogen (secondary N) is 3. The molecule has 154 valence electrons. The second-order valence-corrected chi connectivity index (χ2v) is 8.40. The topological polar surface area (TPSA) is 99.7 Å². The monoisotopic (exact) mass is 475 g/mol. The molecule has 0 aliphatic heterocycles. The SMILES string of the molecule is O=C(COc1ccccc1)N[C@@H](NC(=S)Nc1ccc(C(=O)O)cc1)C(Cl)(Cl)Cl. The molecule has 0 heterocycles. The van der Waals surface area contributed by atoms with E-state index in [0.29, 0.717) is 11.4 Å². The van der Waals surface area contributed by atoms with E-state index in [0.717, 1.165) is 0 Å². The van der Waals surface area contributed by atoms with Gasteiger partial charge in [-0.15, -0.1) is 0 Å². The molecule has 0 saturated carbocycles. The fourth-order valence-corrected chi connectivity index (χ4v) is 2.63. The van der Waals surface area contributed by atoms with E-state index in [1.54, 1.807) is 24.3 Å². The second kappa shape index (κ2) is 10.5. The molecule has 0 saturated heterocycles. The largest absolute Gasteiger partial charge is 0.484 e. The number of hydrogen-bond acceptors (Lipinski definition) is 4. The molecular formula is C18H16Cl3N3O4S. The maximum absolute atomic E-state index is 12.1. The van der Waals surface area contributed by atoms with Gasteiger partial charge in [0.25, 0.3) is 5.91 Å². The molecular weight excluding hydrogens is 461 g/mol. The summed E-state index contributed by atoms with van der Waals surface area (Å²) in [5, 5.41) is 17.0. The Hall–Kier alpha value is -2.26. The van der Waals surface area contributed by atoms with Crippen LogP contribution in [0.3, 0.4) is 0 Å². The van der Waals surface area contributed by atoms with Crippen molar-refractivity contribution < 1.29 is 19.4 Å². The average molecular weight is 477 g/mol. The molecule has 29 heavy (non-hydrogen) atoms. The molecule has 0 aromatic heterocycles. The molecule has 2 rings (SSSR count). The first kappa shape index (κ1) is 23.0. The number of para-hydroxylation sites is 1. The Morgan fingerprint density at radius 2 is 1.66 bits per heavy atom. The summed E-state index contributed by atoms with van der Waals surface area (Å²) in [5.41, 5.74) is 0.633. The van der Waals surface area contributed by atoms with Gasteiger partial charge in [0.1, 0.15) is 11.9 Å².